The minimum atomic E-state index is -0.523. The number of hydrogen-bond donors (Lipinski definition) is 3. The number of nitrogens with one attached hydrogen (secondary N) is 3. The predicted molar refractivity (Wildman–Crippen MR) is 121 cm³/mol. The highest BCUT2D eigenvalue weighted by molar-refractivity contribution is 7.99. The highest BCUT2D eigenvalue weighted by Gasteiger charge is 2.27. The molecule has 0 aliphatic carbocycles. The molecule has 1 unspecified atom stereocenters. The number of aromatic nitrogens is 3. The molecule has 0 spiro atoms. The summed E-state index contributed by atoms with van der Waals surface area (Å²) in [7, 11) is 0. The van der Waals surface area contributed by atoms with Gasteiger partial charge in [-0.05, 0) is 36.4 Å². The summed E-state index contributed by atoms with van der Waals surface area (Å²) in [6.07, 6.45) is 0.470. The molecule has 1 fully saturated rings. The van der Waals surface area contributed by atoms with Crippen molar-refractivity contribution >= 4 is 46.9 Å². The lowest BCUT2D eigenvalue weighted by Gasteiger charge is -2.23. The van der Waals surface area contributed by atoms with Crippen LogP contribution in [0.15, 0.2) is 59.8 Å². The van der Waals surface area contributed by atoms with Crippen LogP contribution in [0.2, 0.25) is 5.02 Å². The summed E-state index contributed by atoms with van der Waals surface area (Å²) in [6, 6.07) is 15.4. The van der Waals surface area contributed by atoms with Gasteiger partial charge in [0.2, 0.25) is 11.8 Å². The quantitative estimate of drug-likeness (QED) is 0.457. The van der Waals surface area contributed by atoms with E-state index < -0.39 is 12.1 Å². The maximum absolute atomic E-state index is 12.4. The number of imide groups is 1. The first kappa shape index (κ1) is 21.8. The van der Waals surface area contributed by atoms with Gasteiger partial charge in [0.15, 0.2) is 5.16 Å². The number of halogens is 1. The number of nitrogens with zero attached hydrogens (tertiary/aromatic N) is 3. The van der Waals surface area contributed by atoms with E-state index >= 15 is 0 Å². The molecule has 3 N–H and O–H groups in total. The Bertz CT molecular complexity index is 1120. The molecule has 3 aromatic rings. The highest BCUT2D eigenvalue weighted by Crippen LogP contribution is 2.24. The number of thioether (sulfide) groups is 1. The van der Waals surface area contributed by atoms with Gasteiger partial charge in [-0.15, -0.1) is 10.2 Å². The molecule has 0 bridgehead atoms. The van der Waals surface area contributed by atoms with Gasteiger partial charge >= 0.3 is 6.03 Å². The molecule has 0 saturated carbocycles. The zero-order valence-corrected chi connectivity index (χ0v) is 18.3. The average Bonchev–Trinajstić information content (AvgIpc) is 3.16. The summed E-state index contributed by atoms with van der Waals surface area (Å²) in [5.41, 5.74) is 1.47. The molecule has 11 heteroatoms. The number of para-hydroxylation sites is 1. The molecule has 9 nitrogen and oxygen atoms in total. The topological polar surface area (TPSA) is 118 Å². The van der Waals surface area contributed by atoms with Crippen LogP contribution in [0.1, 0.15) is 12.2 Å². The third kappa shape index (κ3) is 5.45. The number of carbonyl (C=O) groups is 3. The van der Waals surface area contributed by atoms with Gasteiger partial charge in [0.25, 0.3) is 0 Å². The van der Waals surface area contributed by atoms with E-state index in [1.54, 1.807) is 24.3 Å². The third-order valence-corrected chi connectivity index (χ3v) is 5.80. The lowest BCUT2D eigenvalue weighted by Crippen LogP contribution is -2.53. The summed E-state index contributed by atoms with van der Waals surface area (Å²) < 4.78 is 1.83. The van der Waals surface area contributed by atoms with Gasteiger partial charge < -0.3 is 10.6 Å². The van der Waals surface area contributed by atoms with Crippen molar-refractivity contribution in [3.63, 3.8) is 0 Å². The van der Waals surface area contributed by atoms with Crippen LogP contribution >= 0.6 is 23.4 Å². The first-order valence-corrected chi connectivity index (χ1v) is 11.1. The zero-order valence-electron chi connectivity index (χ0n) is 16.7. The molecule has 2 heterocycles. The van der Waals surface area contributed by atoms with Gasteiger partial charge in [-0.1, -0.05) is 41.6 Å². The van der Waals surface area contributed by atoms with E-state index in [-0.39, 0.29) is 24.0 Å². The molecule has 1 aliphatic rings. The Hall–Kier alpha value is -3.37. The number of benzene rings is 2. The standard InChI is InChI=1S/C21H19ClN6O3S/c22-13-6-8-14(9-7-13)23-19(30)12-32-21-27-26-17(28(21)16-4-2-1-3-5-16)10-15-11-18(29)25-20(31)24-15/h1-9,15H,10-12H2,(H,23,30)(H2,24,25,29,31). The van der Waals surface area contributed by atoms with E-state index in [0.717, 1.165) is 5.69 Å². The van der Waals surface area contributed by atoms with Gasteiger partial charge in [-0.2, -0.15) is 0 Å². The van der Waals surface area contributed by atoms with Crippen LogP contribution in [0, 0.1) is 0 Å². The number of rotatable bonds is 7. The normalized spacial score (nSPS) is 15.7. The minimum Gasteiger partial charge on any atom is -0.334 e. The zero-order chi connectivity index (χ0) is 22.5. The Labute approximate surface area is 192 Å². The number of anilines is 1. The van der Waals surface area contributed by atoms with Gasteiger partial charge in [0.1, 0.15) is 5.82 Å². The van der Waals surface area contributed by atoms with E-state index in [4.69, 9.17) is 11.6 Å². The molecule has 2 aromatic carbocycles. The Morgan fingerprint density at radius 1 is 1.12 bits per heavy atom. The van der Waals surface area contributed by atoms with Crippen LogP contribution < -0.4 is 16.0 Å². The SMILES string of the molecule is O=C1CC(Cc2nnc(SCC(=O)Nc3ccc(Cl)cc3)n2-c2ccccc2)NC(=O)N1. The van der Waals surface area contributed by atoms with E-state index in [9.17, 15) is 14.4 Å². The van der Waals surface area contributed by atoms with Crippen molar-refractivity contribution in [1.82, 2.24) is 25.4 Å². The van der Waals surface area contributed by atoms with E-state index in [1.807, 2.05) is 34.9 Å². The Kier molecular flexibility index (Phi) is 6.72. The maximum Gasteiger partial charge on any atom is 0.321 e. The molecule has 164 valence electrons. The number of hydrogen-bond acceptors (Lipinski definition) is 6. The summed E-state index contributed by atoms with van der Waals surface area (Å²) in [5, 5.41) is 17.4. The first-order chi connectivity index (χ1) is 15.5. The molecule has 4 amide bonds. The Morgan fingerprint density at radius 2 is 1.88 bits per heavy atom. The molecule has 1 aromatic heterocycles. The van der Waals surface area contributed by atoms with Crippen molar-refractivity contribution in [2.45, 2.75) is 24.0 Å². The summed E-state index contributed by atoms with van der Waals surface area (Å²) in [5.74, 6) is 0.170. The number of carbonyl (C=O) groups excluding carboxylic acids is 3. The molecular formula is C21H19ClN6O3S. The Morgan fingerprint density at radius 3 is 2.59 bits per heavy atom. The van der Waals surface area contributed by atoms with E-state index in [0.29, 0.717) is 28.1 Å². The second-order valence-corrected chi connectivity index (χ2v) is 8.42. The fourth-order valence-electron chi connectivity index (χ4n) is 3.24. The fourth-order valence-corrected chi connectivity index (χ4v) is 4.14. The van der Waals surface area contributed by atoms with Crippen molar-refractivity contribution in [2.75, 3.05) is 11.1 Å². The monoisotopic (exact) mass is 470 g/mol. The van der Waals surface area contributed by atoms with E-state index in [1.165, 1.54) is 11.8 Å². The molecule has 1 aliphatic heterocycles. The fraction of sp³-hybridized carbons (Fsp3) is 0.190. The van der Waals surface area contributed by atoms with Crippen molar-refractivity contribution in [3.05, 3.63) is 65.4 Å². The minimum absolute atomic E-state index is 0.121. The van der Waals surface area contributed by atoms with Crippen molar-refractivity contribution in [1.29, 1.82) is 0 Å². The van der Waals surface area contributed by atoms with Crippen molar-refractivity contribution < 1.29 is 14.4 Å². The van der Waals surface area contributed by atoms with Crippen LogP contribution in [0.4, 0.5) is 10.5 Å². The molecular weight excluding hydrogens is 452 g/mol. The number of amides is 4. The van der Waals surface area contributed by atoms with Gasteiger partial charge in [0.05, 0.1) is 5.75 Å². The smallest absolute Gasteiger partial charge is 0.321 e. The van der Waals surface area contributed by atoms with Crippen LogP contribution in [-0.4, -0.2) is 44.4 Å². The van der Waals surface area contributed by atoms with Crippen molar-refractivity contribution in [2.24, 2.45) is 0 Å². The maximum atomic E-state index is 12.4. The number of urea groups is 1. The lowest BCUT2D eigenvalue weighted by molar-refractivity contribution is -0.121. The predicted octanol–water partition coefficient (Wildman–Crippen LogP) is 2.79. The highest BCUT2D eigenvalue weighted by atomic mass is 35.5. The van der Waals surface area contributed by atoms with Crippen LogP contribution in [-0.2, 0) is 16.0 Å². The first-order valence-electron chi connectivity index (χ1n) is 9.76. The third-order valence-electron chi connectivity index (χ3n) is 4.62. The Balaban J connectivity index is 1.50. The molecule has 0 radical (unpaired) electrons. The van der Waals surface area contributed by atoms with Gasteiger partial charge in [0, 0.05) is 35.3 Å². The molecule has 1 atom stereocenters. The second kappa shape index (κ2) is 9.84. The lowest BCUT2D eigenvalue weighted by atomic mass is 10.1. The average molecular weight is 471 g/mol. The van der Waals surface area contributed by atoms with Gasteiger partial charge in [-0.3, -0.25) is 19.5 Å². The molecule has 32 heavy (non-hydrogen) atoms. The molecule has 4 rings (SSSR count). The van der Waals surface area contributed by atoms with E-state index in [2.05, 4.69) is 26.1 Å². The van der Waals surface area contributed by atoms with Crippen LogP contribution in [0.25, 0.3) is 5.69 Å². The summed E-state index contributed by atoms with van der Waals surface area (Å²) in [6.45, 7) is 0. The largest absolute Gasteiger partial charge is 0.334 e. The molecule has 1 saturated heterocycles. The summed E-state index contributed by atoms with van der Waals surface area (Å²) in [4.78, 5) is 35.7. The summed E-state index contributed by atoms with van der Waals surface area (Å²) >= 11 is 7.11. The van der Waals surface area contributed by atoms with Crippen molar-refractivity contribution in [3.8, 4) is 5.69 Å². The second-order valence-electron chi connectivity index (χ2n) is 7.04. The van der Waals surface area contributed by atoms with Crippen LogP contribution in [0.5, 0.6) is 0 Å². The van der Waals surface area contributed by atoms with Gasteiger partial charge in [-0.25, -0.2) is 4.79 Å². The van der Waals surface area contributed by atoms with Crippen LogP contribution in [0.3, 0.4) is 0 Å².